The third kappa shape index (κ3) is 2.98. The zero-order valence-electron chi connectivity index (χ0n) is 11.9. The number of phenols is 2. The first-order valence-electron chi connectivity index (χ1n) is 6.71. The van der Waals surface area contributed by atoms with E-state index >= 15 is 0 Å². The SMILES string of the molecule is Nc1ncc(F)c(N(c2cccc(O)c2)c2cccc(O)c2)n1. The second-order valence-corrected chi connectivity index (χ2v) is 4.77. The molecule has 4 N–H and O–H groups in total. The second kappa shape index (κ2) is 5.80. The van der Waals surface area contributed by atoms with Gasteiger partial charge in [0.2, 0.25) is 5.95 Å². The van der Waals surface area contributed by atoms with Crippen molar-refractivity contribution in [2.24, 2.45) is 0 Å². The summed E-state index contributed by atoms with van der Waals surface area (Å²) in [6.45, 7) is 0. The lowest BCUT2D eigenvalue weighted by Crippen LogP contribution is -2.14. The monoisotopic (exact) mass is 312 g/mol. The minimum absolute atomic E-state index is 0.00934. The van der Waals surface area contributed by atoms with Crippen LogP contribution >= 0.6 is 0 Å². The molecule has 0 aliphatic heterocycles. The summed E-state index contributed by atoms with van der Waals surface area (Å²) in [6, 6.07) is 12.4. The van der Waals surface area contributed by atoms with Gasteiger partial charge in [-0.2, -0.15) is 4.98 Å². The lowest BCUT2D eigenvalue weighted by molar-refractivity contribution is 0.475. The van der Waals surface area contributed by atoms with Gasteiger partial charge in [-0.15, -0.1) is 0 Å². The van der Waals surface area contributed by atoms with Crippen molar-refractivity contribution in [2.45, 2.75) is 0 Å². The maximum atomic E-state index is 14.2. The summed E-state index contributed by atoms with van der Waals surface area (Å²) in [7, 11) is 0. The highest BCUT2D eigenvalue weighted by Crippen LogP contribution is 2.37. The van der Waals surface area contributed by atoms with E-state index in [0.29, 0.717) is 11.4 Å². The summed E-state index contributed by atoms with van der Waals surface area (Å²) in [5.41, 5.74) is 6.47. The van der Waals surface area contributed by atoms with Crippen LogP contribution in [-0.2, 0) is 0 Å². The average Bonchev–Trinajstić information content (AvgIpc) is 2.51. The summed E-state index contributed by atoms with van der Waals surface area (Å²) in [5, 5.41) is 19.4. The van der Waals surface area contributed by atoms with E-state index in [4.69, 9.17) is 5.73 Å². The summed E-state index contributed by atoms with van der Waals surface area (Å²) < 4.78 is 14.2. The van der Waals surface area contributed by atoms with Gasteiger partial charge in [0.15, 0.2) is 11.6 Å². The number of aromatic nitrogens is 2. The zero-order valence-corrected chi connectivity index (χ0v) is 11.9. The molecule has 0 amide bonds. The van der Waals surface area contributed by atoms with E-state index in [1.807, 2.05) is 0 Å². The Hall–Kier alpha value is -3.35. The van der Waals surface area contributed by atoms with Crippen molar-refractivity contribution in [1.82, 2.24) is 9.97 Å². The van der Waals surface area contributed by atoms with E-state index in [-0.39, 0.29) is 23.3 Å². The molecule has 1 aromatic heterocycles. The number of anilines is 4. The molecule has 116 valence electrons. The number of hydrogen-bond acceptors (Lipinski definition) is 6. The summed E-state index contributed by atoms with van der Waals surface area (Å²) in [6.07, 6.45) is 0.969. The maximum Gasteiger partial charge on any atom is 0.222 e. The quantitative estimate of drug-likeness (QED) is 0.688. The van der Waals surface area contributed by atoms with Crippen LogP contribution in [0.1, 0.15) is 0 Å². The molecular formula is C16H13FN4O2. The molecule has 0 radical (unpaired) electrons. The Morgan fingerprint density at radius 2 is 1.52 bits per heavy atom. The zero-order chi connectivity index (χ0) is 16.4. The number of rotatable bonds is 3. The lowest BCUT2D eigenvalue weighted by atomic mass is 10.2. The van der Waals surface area contributed by atoms with Gasteiger partial charge in [0.1, 0.15) is 11.5 Å². The fraction of sp³-hybridized carbons (Fsp3) is 0. The van der Waals surface area contributed by atoms with E-state index in [1.165, 1.54) is 29.2 Å². The van der Waals surface area contributed by atoms with Crippen molar-refractivity contribution in [1.29, 1.82) is 0 Å². The Labute approximate surface area is 131 Å². The summed E-state index contributed by atoms with van der Waals surface area (Å²) in [5.74, 6) is -0.850. The van der Waals surface area contributed by atoms with Gasteiger partial charge in [-0.1, -0.05) is 12.1 Å². The molecular weight excluding hydrogens is 299 g/mol. The smallest absolute Gasteiger partial charge is 0.222 e. The Kier molecular flexibility index (Phi) is 3.68. The fourth-order valence-electron chi connectivity index (χ4n) is 2.19. The Bertz CT molecular complexity index is 811. The van der Waals surface area contributed by atoms with Crippen molar-refractivity contribution in [3.05, 3.63) is 60.5 Å². The fourth-order valence-corrected chi connectivity index (χ4v) is 2.19. The molecule has 0 saturated carbocycles. The van der Waals surface area contributed by atoms with Crippen LogP contribution in [-0.4, -0.2) is 20.2 Å². The highest BCUT2D eigenvalue weighted by atomic mass is 19.1. The van der Waals surface area contributed by atoms with Crippen LogP contribution in [0.4, 0.5) is 27.5 Å². The van der Waals surface area contributed by atoms with Crippen LogP contribution in [0.25, 0.3) is 0 Å². The molecule has 0 aliphatic carbocycles. The maximum absolute atomic E-state index is 14.2. The molecule has 3 rings (SSSR count). The average molecular weight is 312 g/mol. The third-order valence-corrected chi connectivity index (χ3v) is 3.13. The highest BCUT2D eigenvalue weighted by Gasteiger charge is 2.19. The topological polar surface area (TPSA) is 95.5 Å². The van der Waals surface area contributed by atoms with E-state index in [2.05, 4.69) is 9.97 Å². The van der Waals surface area contributed by atoms with Crippen LogP contribution in [0.15, 0.2) is 54.7 Å². The first-order valence-corrected chi connectivity index (χ1v) is 6.71. The Morgan fingerprint density at radius 3 is 2.04 bits per heavy atom. The first kappa shape index (κ1) is 14.6. The number of nitrogens with two attached hydrogens (primary N) is 1. The number of nitrogen functional groups attached to an aromatic ring is 1. The van der Waals surface area contributed by atoms with Gasteiger partial charge >= 0.3 is 0 Å². The molecule has 0 atom stereocenters. The number of hydrogen-bond donors (Lipinski definition) is 3. The van der Waals surface area contributed by atoms with E-state index in [9.17, 15) is 14.6 Å². The third-order valence-electron chi connectivity index (χ3n) is 3.13. The molecule has 0 spiro atoms. The van der Waals surface area contributed by atoms with Gasteiger partial charge in [-0.05, 0) is 24.3 Å². The van der Waals surface area contributed by atoms with Crippen molar-refractivity contribution in [3.63, 3.8) is 0 Å². The molecule has 6 nitrogen and oxygen atoms in total. The van der Waals surface area contributed by atoms with Gasteiger partial charge in [0.25, 0.3) is 0 Å². The minimum Gasteiger partial charge on any atom is -0.508 e. The number of halogens is 1. The number of phenolic OH excluding ortho intramolecular Hbond substituents is 2. The van der Waals surface area contributed by atoms with Gasteiger partial charge in [0, 0.05) is 12.1 Å². The van der Waals surface area contributed by atoms with Crippen molar-refractivity contribution in [3.8, 4) is 11.5 Å². The molecule has 1 heterocycles. The van der Waals surface area contributed by atoms with E-state index in [0.717, 1.165) is 6.20 Å². The lowest BCUT2D eigenvalue weighted by Gasteiger charge is -2.24. The highest BCUT2D eigenvalue weighted by molar-refractivity contribution is 5.76. The van der Waals surface area contributed by atoms with Crippen LogP contribution in [0.5, 0.6) is 11.5 Å². The number of benzene rings is 2. The Balaban J connectivity index is 2.23. The van der Waals surface area contributed by atoms with Crippen molar-refractivity contribution >= 4 is 23.1 Å². The molecule has 23 heavy (non-hydrogen) atoms. The predicted octanol–water partition coefficient (Wildman–Crippen LogP) is 3.08. The van der Waals surface area contributed by atoms with Crippen LogP contribution in [0.3, 0.4) is 0 Å². The van der Waals surface area contributed by atoms with Crippen LogP contribution < -0.4 is 10.6 Å². The largest absolute Gasteiger partial charge is 0.508 e. The van der Waals surface area contributed by atoms with E-state index in [1.54, 1.807) is 24.3 Å². The van der Waals surface area contributed by atoms with Gasteiger partial charge in [0.05, 0.1) is 17.6 Å². The molecule has 0 aliphatic rings. The number of aromatic hydroxyl groups is 2. The second-order valence-electron chi connectivity index (χ2n) is 4.77. The molecule has 0 bridgehead atoms. The molecule has 0 saturated heterocycles. The predicted molar refractivity (Wildman–Crippen MR) is 84.4 cm³/mol. The molecule has 0 unspecified atom stereocenters. The molecule has 3 aromatic rings. The van der Waals surface area contributed by atoms with Crippen molar-refractivity contribution in [2.75, 3.05) is 10.6 Å². The van der Waals surface area contributed by atoms with Gasteiger partial charge in [-0.3, -0.25) is 4.90 Å². The normalized spacial score (nSPS) is 10.5. The molecule has 7 heteroatoms. The number of nitrogens with zero attached hydrogens (tertiary/aromatic N) is 3. The van der Waals surface area contributed by atoms with Crippen LogP contribution in [0, 0.1) is 5.82 Å². The summed E-state index contributed by atoms with van der Waals surface area (Å²) >= 11 is 0. The van der Waals surface area contributed by atoms with Gasteiger partial charge in [-0.25, -0.2) is 9.37 Å². The van der Waals surface area contributed by atoms with Crippen LogP contribution in [0.2, 0.25) is 0 Å². The first-order chi connectivity index (χ1) is 11.0. The van der Waals surface area contributed by atoms with Crippen molar-refractivity contribution < 1.29 is 14.6 Å². The Morgan fingerprint density at radius 1 is 0.957 bits per heavy atom. The standard InChI is InChI=1S/C16H13FN4O2/c17-14-9-19-16(18)20-15(14)21(10-3-1-5-12(22)7-10)11-4-2-6-13(23)8-11/h1-9,22-23H,(H2,18,19,20). The van der Waals surface area contributed by atoms with Gasteiger partial charge < -0.3 is 15.9 Å². The summed E-state index contributed by atoms with van der Waals surface area (Å²) in [4.78, 5) is 8.97. The molecule has 0 fully saturated rings. The molecule has 2 aromatic carbocycles. The van der Waals surface area contributed by atoms with E-state index < -0.39 is 5.82 Å². The minimum atomic E-state index is -0.689.